The highest BCUT2D eigenvalue weighted by Gasteiger charge is 2.19. The predicted molar refractivity (Wildman–Crippen MR) is 122 cm³/mol. The van der Waals surface area contributed by atoms with E-state index in [0.717, 1.165) is 38.8 Å². The second-order valence-corrected chi connectivity index (χ2v) is 7.67. The first-order valence-corrected chi connectivity index (χ1v) is 10.9. The van der Waals surface area contributed by atoms with E-state index >= 15 is 0 Å². The zero-order valence-corrected chi connectivity index (χ0v) is 17.9. The SMILES string of the molecule is CCCCNC(=O)c1cccc(NC(=O)CNc2cccc(C(=O)N3CCCC3)c2)c1. The van der Waals surface area contributed by atoms with Crippen LogP contribution in [-0.4, -0.2) is 48.8 Å². The van der Waals surface area contributed by atoms with Gasteiger partial charge in [-0.1, -0.05) is 25.5 Å². The first kappa shape index (κ1) is 22.3. The lowest BCUT2D eigenvalue weighted by atomic mass is 10.1. The van der Waals surface area contributed by atoms with Crippen LogP contribution in [-0.2, 0) is 4.79 Å². The summed E-state index contributed by atoms with van der Waals surface area (Å²) in [5.41, 5.74) is 2.40. The third-order valence-electron chi connectivity index (χ3n) is 5.18. The van der Waals surface area contributed by atoms with Gasteiger partial charge in [-0.25, -0.2) is 0 Å². The number of rotatable bonds is 9. The average Bonchev–Trinajstić information content (AvgIpc) is 3.33. The number of hydrogen-bond acceptors (Lipinski definition) is 4. The molecule has 1 saturated heterocycles. The van der Waals surface area contributed by atoms with Crippen molar-refractivity contribution in [3.8, 4) is 0 Å². The number of carbonyl (C=O) groups excluding carboxylic acids is 3. The minimum atomic E-state index is -0.236. The molecule has 0 saturated carbocycles. The highest BCUT2D eigenvalue weighted by molar-refractivity contribution is 5.98. The van der Waals surface area contributed by atoms with Gasteiger partial charge in [-0.2, -0.15) is 0 Å². The lowest BCUT2D eigenvalue weighted by molar-refractivity contribution is -0.114. The normalized spacial score (nSPS) is 13.0. The van der Waals surface area contributed by atoms with E-state index in [1.54, 1.807) is 36.4 Å². The van der Waals surface area contributed by atoms with Crippen LogP contribution in [0.5, 0.6) is 0 Å². The Kier molecular flexibility index (Phi) is 8.04. The summed E-state index contributed by atoms with van der Waals surface area (Å²) in [5, 5.41) is 8.73. The fourth-order valence-electron chi connectivity index (χ4n) is 3.47. The molecule has 0 radical (unpaired) electrons. The van der Waals surface area contributed by atoms with E-state index in [-0.39, 0.29) is 24.3 Å². The number of benzene rings is 2. The van der Waals surface area contributed by atoms with Crippen LogP contribution in [0.15, 0.2) is 48.5 Å². The molecule has 0 unspecified atom stereocenters. The summed E-state index contributed by atoms with van der Waals surface area (Å²) >= 11 is 0. The smallest absolute Gasteiger partial charge is 0.253 e. The van der Waals surface area contributed by atoms with Crippen LogP contribution in [0, 0.1) is 0 Å². The van der Waals surface area contributed by atoms with E-state index in [2.05, 4.69) is 22.9 Å². The molecule has 2 aromatic carbocycles. The van der Waals surface area contributed by atoms with Crippen molar-refractivity contribution >= 4 is 29.1 Å². The lowest BCUT2D eigenvalue weighted by Crippen LogP contribution is -2.27. The Labute approximate surface area is 183 Å². The molecule has 0 aromatic heterocycles. The molecule has 164 valence electrons. The van der Waals surface area contributed by atoms with Gasteiger partial charge in [-0.3, -0.25) is 14.4 Å². The van der Waals surface area contributed by atoms with Crippen LogP contribution in [0.1, 0.15) is 53.3 Å². The van der Waals surface area contributed by atoms with Crippen LogP contribution < -0.4 is 16.0 Å². The topological polar surface area (TPSA) is 90.5 Å². The quantitative estimate of drug-likeness (QED) is 0.540. The molecular formula is C24H30N4O3. The molecule has 0 bridgehead atoms. The van der Waals surface area contributed by atoms with Crippen LogP contribution in [0.4, 0.5) is 11.4 Å². The summed E-state index contributed by atoms with van der Waals surface area (Å²) < 4.78 is 0. The van der Waals surface area contributed by atoms with Gasteiger partial charge in [0.1, 0.15) is 0 Å². The van der Waals surface area contributed by atoms with Crippen molar-refractivity contribution in [2.45, 2.75) is 32.6 Å². The van der Waals surface area contributed by atoms with Crippen molar-refractivity contribution < 1.29 is 14.4 Å². The Morgan fingerprint density at radius 1 is 0.935 bits per heavy atom. The predicted octanol–water partition coefficient (Wildman–Crippen LogP) is 3.50. The minimum absolute atomic E-state index is 0.0274. The standard InChI is InChI=1S/C24H30N4O3/c1-2-3-12-25-23(30)18-8-6-11-21(15-18)27-22(29)17-26-20-10-7-9-19(16-20)24(31)28-13-4-5-14-28/h6-11,15-16,26H,2-5,12-14,17H2,1H3,(H,25,30)(H,27,29). The Hall–Kier alpha value is -3.35. The molecule has 7 heteroatoms. The first-order valence-electron chi connectivity index (χ1n) is 10.9. The first-order chi connectivity index (χ1) is 15.1. The fraction of sp³-hybridized carbons (Fsp3) is 0.375. The number of likely N-dealkylation sites (tertiary alicyclic amines) is 1. The fourth-order valence-corrected chi connectivity index (χ4v) is 3.47. The van der Waals surface area contributed by atoms with Gasteiger partial charge in [0, 0.05) is 42.1 Å². The summed E-state index contributed by atoms with van der Waals surface area (Å²) in [4.78, 5) is 38.9. The zero-order valence-electron chi connectivity index (χ0n) is 17.9. The lowest BCUT2D eigenvalue weighted by Gasteiger charge is -2.16. The molecule has 1 heterocycles. The number of anilines is 2. The third kappa shape index (κ3) is 6.57. The highest BCUT2D eigenvalue weighted by Crippen LogP contribution is 2.16. The molecule has 0 spiro atoms. The molecule has 0 atom stereocenters. The van der Waals surface area contributed by atoms with Crippen molar-refractivity contribution in [1.29, 1.82) is 0 Å². The van der Waals surface area contributed by atoms with Gasteiger partial charge in [-0.15, -0.1) is 0 Å². The van der Waals surface area contributed by atoms with Gasteiger partial charge in [0.2, 0.25) is 5.91 Å². The van der Waals surface area contributed by atoms with Crippen LogP contribution in [0.3, 0.4) is 0 Å². The Bertz CT molecular complexity index is 923. The van der Waals surface area contributed by atoms with Crippen molar-refractivity contribution in [2.75, 3.05) is 36.8 Å². The largest absolute Gasteiger partial charge is 0.376 e. The van der Waals surface area contributed by atoms with E-state index < -0.39 is 0 Å². The summed E-state index contributed by atoms with van der Waals surface area (Å²) in [6.07, 6.45) is 4.04. The Morgan fingerprint density at radius 3 is 2.35 bits per heavy atom. The number of nitrogens with one attached hydrogen (secondary N) is 3. The molecule has 31 heavy (non-hydrogen) atoms. The summed E-state index contributed by atoms with van der Waals surface area (Å²) in [6, 6.07) is 14.1. The van der Waals surface area contributed by atoms with E-state index in [1.807, 2.05) is 17.0 Å². The van der Waals surface area contributed by atoms with Crippen molar-refractivity contribution in [3.63, 3.8) is 0 Å². The Morgan fingerprint density at radius 2 is 1.61 bits per heavy atom. The summed E-state index contributed by atoms with van der Waals surface area (Å²) in [6.45, 7) is 4.35. The van der Waals surface area contributed by atoms with Crippen molar-refractivity contribution in [1.82, 2.24) is 10.2 Å². The summed E-state index contributed by atoms with van der Waals surface area (Å²) in [5.74, 6) is -0.360. The second kappa shape index (κ2) is 11.2. The molecular weight excluding hydrogens is 392 g/mol. The molecule has 3 N–H and O–H groups in total. The molecule has 2 aromatic rings. The molecule has 0 aliphatic carbocycles. The van der Waals surface area contributed by atoms with Gasteiger partial charge < -0.3 is 20.9 Å². The summed E-state index contributed by atoms with van der Waals surface area (Å²) in [7, 11) is 0. The molecule has 1 aliphatic heterocycles. The average molecular weight is 423 g/mol. The van der Waals surface area contributed by atoms with Gasteiger partial charge in [0.05, 0.1) is 6.54 Å². The van der Waals surface area contributed by atoms with Gasteiger partial charge in [0.25, 0.3) is 11.8 Å². The highest BCUT2D eigenvalue weighted by atomic mass is 16.2. The van der Waals surface area contributed by atoms with Crippen molar-refractivity contribution in [3.05, 3.63) is 59.7 Å². The van der Waals surface area contributed by atoms with E-state index in [4.69, 9.17) is 0 Å². The maximum atomic E-state index is 12.5. The number of amides is 3. The maximum Gasteiger partial charge on any atom is 0.253 e. The Balaban J connectivity index is 1.52. The van der Waals surface area contributed by atoms with Crippen LogP contribution in [0.2, 0.25) is 0 Å². The number of carbonyl (C=O) groups is 3. The molecule has 1 aliphatic rings. The monoisotopic (exact) mass is 422 g/mol. The second-order valence-electron chi connectivity index (χ2n) is 7.67. The van der Waals surface area contributed by atoms with Gasteiger partial charge in [0.15, 0.2) is 0 Å². The van der Waals surface area contributed by atoms with Gasteiger partial charge in [-0.05, 0) is 55.7 Å². The molecule has 3 rings (SSSR count). The third-order valence-corrected chi connectivity index (χ3v) is 5.18. The number of unbranched alkanes of at least 4 members (excludes halogenated alkanes) is 1. The van der Waals surface area contributed by atoms with Crippen LogP contribution in [0.25, 0.3) is 0 Å². The van der Waals surface area contributed by atoms with E-state index in [1.165, 1.54) is 0 Å². The maximum absolute atomic E-state index is 12.5. The van der Waals surface area contributed by atoms with E-state index in [9.17, 15) is 14.4 Å². The number of nitrogens with zero attached hydrogens (tertiary/aromatic N) is 1. The minimum Gasteiger partial charge on any atom is -0.376 e. The number of hydrogen-bond donors (Lipinski definition) is 3. The molecule has 1 fully saturated rings. The zero-order chi connectivity index (χ0) is 22.1. The molecule has 7 nitrogen and oxygen atoms in total. The van der Waals surface area contributed by atoms with Crippen molar-refractivity contribution in [2.24, 2.45) is 0 Å². The van der Waals surface area contributed by atoms with E-state index in [0.29, 0.717) is 29.0 Å². The van der Waals surface area contributed by atoms with Gasteiger partial charge >= 0.3 is 0 Å². The molecule has 3 amide bonds. The van der Waals surface area contributed by atoms with Crippen LogP contribution >= 0.6 is 0 Å².